The number of halogens is 4. The van der Waals surface area contributed by atoms with Crippen molar-refractivity contribution in [3.8, 4) is 0 Å². The fourth-order valence-electron chi connectivity index (χ4n) is 1.83. The first kappa shape index (κ1) is 16.3. The van der Waals surface area contributed by atoms with E-state index in [1.54, 1.807) is 0 Å². The van der Waals surface area contributed by atoms with Crippen LogP contribution in [0, 0.1) is 0 Å². The van der Waals surface area contributed by atoms with Crippen LogP contribution in [0.3, 0.4) is 0 Å². The number of hydrogen-bond donors (Lipinski definition) is 2. The summed E-state index contributed by atoms with van der Waals surface area (Å²) >= 11 is 5.76. The molecule has 0 heterocycles. The Morgan fingerprint density at radius 1 is 1.37 bits per heavy atom. The molecule has 19 heavy (non-hydrogen) atoms. The van der Waals surface area contributed by atoms with Gasteiger partial charge in [0.25, 0.3) is 0 Å². The van der Waals surface area contributed by atoms with Crippen LogP contribution in [0.2, 0.25) is 5.02 Å². The van der Waals surface area contributed by atoms with Crippen molar-refractivity contribution >= 4 is 11.6 Å². The Bertz CT molecular complexity index is 423. The summed E-state index contributed by atoms with van der Waals surface area (Å²) in [4.78, 5) is 0. The predicted molar refractivity (Wildman–Crippen MR) is 68.9 cm³/mol. The van der Waals surface area contributed by atoms with Crippen molar-refractivity contribution in [2.75, 3.05) is 0 Å². The summed E-state index contributed by atoms with van der Waals surface area (Å²) in [6.07, 6.45) is -3.36. The molecule has 0 radical (unpaired) electrons. The largest absolute Gasteiger partial charge is 0.417 e. The number of rotatable bonds is 5. The van der Waals surface area contributed by atoms with E-state index in [2.05, 4.69) is 0 Å². The molecule has 2 atom stereocenters. The van der Waals surface area contributed by atoms with Crippen LogP contribution in [0.1, 0.15) is 43.4 Å². The average molecular weight is 296 g/mol. The van der Waals surface area contributed by atoms with Crippen LogP contribution < -0.4 is 5.73 Å². The van der Waals surface area contributed by atoms with Crippen molar-refractivity contribution in [2.45, 2.75) is 44.5 Å². The van der Waals surface area contributed by atoms with Gasteiger partial charge in [-0.2, -0.15) is 13.2 Å². The van der Waals surface area contributed by atoms with Gasteiger partial charge in [0.15, 0.2) is 0 Å². The van der Waals surface area contributed by atoms with Crippen LogP contribution in [0.4, 0.5) is 13.2 Å². The van der Waals surface area contributed by atoms with E-state index < -0.39 is 28.9 Å². The second kappa shape index (κ2) is 6.59. The summed E-state index contributed by atoms with van der Waals surface area (Å²) in [6, 6.07) is 2.64. The molecule has 0 aliphatic heterocycles. The molecule has 1 rings (SSSR count). The zero-order valence-corrected chi connectivity index (χ0v) is 11.3. The Kier molecular flexibility index (Phi) is 5.64. The van der Waals surface area contributed by atoms with Gasteiger partial charge in [0.05, 0.1) is 22.7 Å². The highest BCUT2D eigenvalue weighted by Gasteiger charge is 2.35. The molecular weight excluding hydrogens is 279 g/mol. The normalized spacial score (nSPS) is 15.3. The molecule has 0 unspecified atom stereocenters. The smallest absolute Gasteiger partial charge is 0.391 e. The Hall–Kier alpha value is -0.780. The van der Waals surface area contributed by atoms with Crippen molar-refractivity contribution in [3.05, 3.63) is 34.3 Å². The molecule has 108 valence electrons. The van der Waals surface area contributed by atoms with E-state index in [-0.39, 0.29) is 5.56 Å². The number of benzene rings is 1. The number of unbranched alkanes of at least 4 members (excludes halogenated alkanes) is 1. The zero-order chi connectivity index (χ0) is 14.6. The fourth-order valence-corrected chi connectivity index (χ4v) is 2.19. The van der Waals surface area contributed by atoms with Crippen molar-refractivity contribution in [1.82, 2.24) is 0 Å². The Labute approximate surface area is 115 Å². The minimum Gasteiger partial charge on any atom is -0.391 e. The molecular formula is C13H17ClF3NO. The molecule has 0 saturated heterocycles. The molecule has 0 aliphatic rings. The van der Waals surface area contributed by atoms with Gasteiger partial charge in [0, 0.05) is 0 Å². The van der Waals surface area contributed by atoms with E-state index in [1.165, 1.54) is 12.1 Å². The minimum atomic E-state index is -4.53. The van der Waals surface area contributed by atoms with E-state index in [9.17, 15) is 18.3 Å². The van der Waals surface area contributed by atoms with Crippen molar-refractivity contribution < 1.29 is 18.3 Å². The first-order chi connectivity index (χ1) is 8.79. The Morgan fingerprint density at radius 3 is 2.53 bits per heavy atom. The number of alkyl halides is 3. The fraction of sp³-hybridized carbons (Fsp3) is 0.538. The molecule has 0 aliphatic carbocycles. The molecule has 0 fully saturated rings. The van der Waals surface area contributed by atoms with E-state index in [0.29, 0.717) is 6.42 Å². The third-order valence-electron chi connectivity index (χ3n) is 2.96. The van der Waals surface area contributed by atoms with Crippen molar-refractivity contribution in [1.29, 1.82) is 0 Å². The van der Waals surface area contributed by atoms with Gasteiger partial charge >= 0.3 is 6.18 Å². The molecule has 1 aromatic rings. The van der Waals surface area contributed by atoms with Crippen molar-refractivity contribution in [3.63, 3.8) is 0 Å². The maximum atomic E-state index is 12.7. The second-order valence-corrected chi connectivity index (χ2v) is 4.82. The molecule has 6 heteroatoms. The maximum absolute atomic E-state index is 12.7. The first-order valence-electron chi connectivity index (χ1n) is 6.08. The van der Waals surface area contributed by atoms with Gasteiger partial charge in [-0.25, -0.2) is 0 Å². The average Bonchev–Trinajstić information content (AvgIpc) is 2.34. The molecule has 1 aromatic carbocycles. The highest BCUT2D eigenvalue weighted by molar-refractivity contribution is 6.32. The maximum Gasteiger partial charge on any atom is 0.417 e. The van der Waals surface area contributed by atoms with Crippen LogP contribution in [0.15, 0.2) is 18.2 Å². The van der Waals surface area contributed by atoms with Gasteiger partial charge in [-0.15, -0.1) is 0 Å². The first-order valence-corrected chi connectivity index (χ1v) is 6.46. The zero-order valence-electron chi connectivity index (χ0n) is 10.5. The van der Waals surface area contributed by atoms with Crippen LogP contribution >= 0.6 is 11.6 Å². The van der Waals surface area contributed by atoms with Crippen LogP contribution in [0.5, 0.6) is 0 Å². The van der Waals surface area contributed by atoms with E-state index >= 15 is 0 Å². The number of nitrogens with two attached hydrogens (primary N) is 1. The SMILES string of the molecule is CCCC[C@H](O)[C@H](N)c1cccc(C(F)(F)F)c1Cl. The molecule has 0 aromatic heterocycles. The van der Waals surface area contributed by atoms with Gasteiger partial charge in [0.1, 0.15) is 0 Å². The van der Waals surface area contributed by atoms with Gasteiger partial charge in [-0.05, 0) is 18.1 Å². The summed E-state index contributed by atoms with van der Waals surface area (Å²) < 4.78 is 38.1. The Morgan fingerprint density at radius 2 is 2.00 bits per heavy atom. The van der Waals surface area contributed by atoms with E-state index in [4.69, 9.17) is 17.3 Å². The minimum absolute atomic E-state index is 0.125. The molecule has 0 spiro atoms. The van der Waals surface area contributed by atoms with E-state index in [0.717, 1.165) is 18.9 Å². The predicted octanol–water partition coefficient (Wildman–Crippen LogP) is 3.91. The molecule has 0 amide bonds. The summed E-state index contributed by atoms with van der Waals surface area (Å²) in [5, 5.41) is 9.42. The summed E-state index contributed by atoms with van der Waals surface area (Å²) in [5.74, 6) is 0. The topological polar surface area (TPSA) is 46.2 Å². The van der Waals surface area contributed by atoms with Crippen LogP contribution in [-0.2, 0) is 6.18 Å². The monoisotopic (exact) mass is 295 g/mol. The third kappa shape index (κ3) is 4.09. The molecule has 2 nitrogen and oxygen atoms in total. The lowest BCUT2D eigenvalue weighted by Crippen LogP contribution is -2.27. The van der Waals surface area contributed by atoms with Crippen molar-refractivity contribution in [2.24, 2.45) is 5.73 Å². The second-order valence-electron chi connectivity index (χ2n) is 4.44. The summed E-state index contributed by atoms with van der Waals surface area (Å²) in [6.45, 7) is 1.95. The van der Waals surface area contributed by atoms with Crippen LogP contribution in [-0.4, -0.2) is 11.2 Å². The lowest BCUT2D eigenvalue weighted by molar-refractivity contribution is -0.137. The summed E-state index contributed by atoms with van der Waals surface area (Å²) in [5.41, 5.74) is 4.99. The highest BCUT2D eigenvalue weighted by Crippen LogP contribution is 2.38. The van der Waals surface area contributed by atoms with Gasteiger partial charge < -0.3 is 10.8 Å². The lowest BCUT2D eigenvalue weighted by Gasteiger charge is -2.21. The van der Waals surface area contributed by atoms with Gasteiger partial charge in [0.2, 0.25) is 0 Å². The number of aliphatic hydroxyl groups is 1. The van der Waals surface area contributed by atoms with Gasteiger partial charge in [-0.3, -0.25) is 0 Å². The number of hydrogen-bond acceptors (Lipinski definition) is 2. The third-order valence-corrected chi connectivity index (χ3v) is 3.38. The molecule has 0 saturated carbocycles. The van der Waals surface area contributed by atoms with Crippen LogP contribution in [0.25, 0.3) is 0 Å². The van der Waals surface area contributed by atoms with Gasteiger partial charge in [-0.1, -0.05) is 43.5 Å². The quantitative estimate of drug-likeness (QED) is 0.865. The lowest BCUT2D eigenvalue weighted by atomic mass is 9.96. The molecule has 0 bridgehead atoms. The standard InChI is InChI=1S/C13H17ClF3NO/c1-2-3-7-10(19)12(18)8-5-4-6-9(11(8)14)13(15,16)17/h4-6,10,12,19H,2-3,7,18H2,1H3/t10-,12+/m0/s1. The Balaban J connectivity index is 3.01. The highest BCUT2D eigenvalue weighted by atomic mass is 35.5. The summed E-state index contributed by atoms with van der Waals surface area (Å²) in [7, 11) is 0. The van der Waals surface area contributed by atoms with E-state index in [1.807, 2.05) is 6.92 Å². The molecule has 3 N–H and O–H groups in total. The number of aliphatic hydroxyl groups excluding tert-OH is 1.